The van der Waals surface area contributed by atoms with Gasteiger partial charge in [0, 0.05) is 60.1 Å². The Labute approximate surface area is 157 Å². The highest BCUT2D eigenvalue weighted by Crippen LogP contribution is 2.28. The zero-order valence-electron chi connectivity index (χ0n) is 14.8. The Kier molecular flexibility index (Phi) is 3.90. The van der Waals surface area contributed by atoms with E-state index in [2.05, 4.69) is 32.0 Å². The molecule has 1 fully saturated rings. The molecular weight excluding hydrogens is 338 g/mol. The lowest BCUT2D eigenvalue weighted by Gasteiger charge is -2.17. The summed E-state index contributed by atoms with van der Waals surface area (Å²) in [5, 5.41) is 9.81. The average Bonchev–Trinajstić information content (AvgIpc) is 3.34. The molecule has 0 unspecified atom stereocenters. The third-order valence-corrected chi connectivity index (χ3v) is 5.11. The molecule has 5 rings (SSSR count). The van der Waals surface area contributed by atoms with Gasteiger partial charge in [-0.05, 0) is 36.8 Å². The molecule has 1 saturated heterocycles. The third kappa shape index (κ3) is 2.98. The zero-order chi connectivity index (χ0) is 18.2. The predicted molar refractivity (Wildman–Crippen MR) is 104 cm³/mol. The molecule has 3 aromatic heterocycles. The standard InChI is InChI=1S/C21H19N5O/c27-17-4-7-26(13-17)20-8-14(3-6-23-20)21-18-9-19(15-2-1-5-22-10-15)24-11-16(18)12-25-21/h1-3,5-6,8-11,17,27H,4,7,12-13H2/t17-/m1/s1. The van der Waals surface area contributed by atoms with Gasteiger partial charge in [-0.3, -0.25) is 15.0 Å². The molecule has 0 saturated carbocycles. The van der Waals surface area contributed by atoms with Gasteiger partial charge in [-0.2, -0.15) is 0 Å². The van der Waals surface area contributed by atoms with Crippen molar-refractivity contribution >= 4 is 11.5 Å². The summed E-state index contributed by atoms with van der Waals surface area (Å²) in [5.41, 5.74) is 6.15. The van der Waals surface area contributed by atoms with Crippen LogP contribution in [-0.2, 0) is 6.54 Å². The topological polar surface area (TPSA) is 74.5 Å². The third-order valence-electron chi connectivity index (χ3n) is 5.11. The lowest BCUT2D eigenvalue weighted by molar-refractivity contribution is 0.198. The quantitative estimate of drug-likeness (QED) is 0.779. The fourth-order valence-corrected chi connectivity index (χ4v) is 3.69. The number of β-amino-alcohol motifs (C(OH)–C–C–N with tert-alkyl or cyclic N) is 1. The molecule has 0 radical (unpaired) electrons. The summed E-state index contributed by atoms with van der Waals surface area (Å²) in [6.45, 7) is 2.11. The van der Waals surface area contributed by atoms with E-state index >= 15 is 0 Å². The summed E-state index contributed by atoms with van der Waals surface area (Å²) in [6.07, 6.45) is 7.83. The molecule has 0 spiro atoms. The van der Waals surface area contributed by atoms with Gasteiger partial charge in [0.05, 0.1) is 24.1 Å². The highest BCUT2D eigenvalue weighted by molar-refractivity contribution is 6.15. The van der Waals surface area contributed by atoms with Gasteiger partial charge in [0.1, 0.15) is 5.82 Å². The molecule has 1 N–H and O–H groups in total. The second-order valence-electron chi connectivity index (χ2n) is 6.92. The number of anilines is 1. The molecule has 0 bridgehead atoms. The van der Waals surface area contributed by atoms with Crippen molar-refractivity contribution in [3.8, 4) is 11.3 Å². The summed E-state index contributed by atoms with van der Waals surface area (Å²) in [5.74, 6) is 0.890. The molecular formula is C21H19N5O. The van der Waals surface area contributed by atoms with Crippen molar-refractivity contribution in [2.24, 2.45) is 4.99 Å². The van der Waals surface area contributed by atoms with Crippen molar-refractivity contribution in [2.45, 2.75) is 19.1 Å². The van der Waals surface area contributed by atoms with E-state index in [-0.39, 0.29) is 6.10 Å². The lowest BCUT2D eigenvalue weighted by Crippen LogP contribution is -2.22. The van der Waals surface area contributed by atoms with Gasteiger partial charge >= 0.3 is 0 Å². The van der Waals surface area contributed by atoms with Gasteiger partial charge in [-0.25, -0.2) is 4.98 Å². The van der Waals surface area contributed by atoms with Crippen LogP contribution in [-0.4, -0.2) is 45.0 Å². The smallest absolute Gasteiger partial charge is 0.129 e. The van der Waals surface area contributed by atoms with Crippen molar-refractivity contribution in [3.05, 3.63) is 71.8 Å². The van der Waals surface area contributed by atoms with Crippen LogP contribution in [0.4, 0.5) is 5.82 Å². The number of hydrogen-bond acceptors (Lipinski definition) is 6. The van der Waals surface area contributed by atoms with E-state index in [1.165, 1.54) is 0 Å². The van der Waals surface area contributed by atoms with E-state index < -0.39 is 0 Å². The van der Waals surface area contributed by atoms with Crippen LogP contribution in [0, 0.1) is 0 Å². The van der Waals surface area contributed by atoms with Crippen molar-refractivity contribution in [2.75, 3.05) is 18.0 Å². The fourth-order valence-electron chi connectivity index (χ4n) is 3.69. The molecule has 0 amide bonds. The minimum absolute atomic E-state index is 0.270. The molecule has 2 aliphatic heterocycles. The van der Waals surface area contributed by atoms with Gasteiger partial charge in [-0.15, -0.1) is 0 Å². The molecule has 5 heterocycles. The zero-order valence-corrected chi connectivity index (χ0v) is 14.8. The van der Waals surface area contributed by atoms with E-state index in [1.807, 2.05) is 36.8 Å². The Morgan fingerprint density at radius 3 is 2.81 bits per heavy atom. The first-order valence-corrected chi connectivity index (χ1v) is 9.11. The van der Waals surface area contributed by atoms with Crippen LogP contribution in [0.1, 0.15) is 23.1 Å². The van der Waals surface area contributed by atoms with E-state index in [0.717, 1.165) is 52.4 Å². The van der Waals surface area contributed by atoms with Gasteiger partial charge in [0.25, 0.3) is 0 Å². The maximum absolute atomic E-state index is 9.81. The van der Waals surface area contributed by atoms with Gasteiger partial charge in [-0.1, -0.05) is 0 Å². The van der Waals surface area contributed by atoms with E-state index in [9.17, 15) is 5.11 Å². The molecule has 134 valence electrons. The Morgan fingerprint density at radius 2 is 2.00 bits per heavy atom. The van der Waals surface area contributed by atoms with Crippen LogP contribution in [0.15, 0.2) is 60.1 Å². The molecule has 6 heteroatoms. The number of hydrogen-bond donors (Lipinski definition) is 1. The summed E-state index contributed by atoms with van der Waals surface area (Å²) >= 11 is 0. The number of aromatic nitrogens is 3. The summed E-state index contributed by atoms with van der Waals surface area (Å²) in [6, 6.07) is 10.1. The average molecular weight is 357 g/mol. The molecule has 6 nitrogen and oxygen atoms in total. The van der Waals surface area contributed by atoms with Crippen LogP contribution in [0.25, 0.3) is 11.3 Å². The SMILES string of the molecule is O[C@@H]1CCN(c2cc(C3=NCc4cnc(-c5cccnc5)cc43)ccn2)C1. The largest absolute Gasteiger partial charge is 0.391 e. The summed E-state index contributed by atoms with van der Waals surface area (Å²) < 4.78 is 0. The molecule has 1 atom stereocenters. The maximum atomic E-state index is 9.81. The van der Waals surface area contributed by atoms with Crippen molar-refractivity contribution in [1.29, 1.82) is 0 Å². The van der Waals surface area contributed by atoms with Crippen LogP contribution in [0.3, 0.4) is 0 Å². The molecule has 0 aliphatic carbocycles. The van der Waals surface area contributed by atoms with Crippen LogP contribution in [0.2, 0.25) is 0 Å². The number of aliphatic imine (C=N–C) groups is 1. The second kappa shape index (κ2) is 6.55. The monoisotopic (exact) mass is 357 g/mol. The number of aliphatic hydroxyl groups is 1. The van der Waals surface area contributed by atoms with E-state index in [4.69, 9.17) is 4.99 Å². The van der Waals surface area contributed by atoms with Gasteiger partial charge in [0.2, 0.25) is 0 Å². The maximum Gasteiger partial charge on any atom is 0.129 e. The molecule has 0 aromatic carbocycles. The van der Waals surface area contributed by atoms with Crippen LogP contribution in [0.5, 0.6) is 0 Å². The van der Waals surface area contributed by atoms with Crippen LogP contribution >= 0.6 is 0 Å². The Hall–Kier alpha value is -3.12. The number of fused-ring (bicyclic) bond motifs is 1. The Morgan fingerprint density at radius 1 is 1.04 bits per heavy atom. The van der Waals surface area contributed by atoms with Crippen molar-refractivity contribution in [3.63, 3.8) is 0 Å². The van der Waals surface area contributed by atoms with Crippen molar-refractivity contribution < 1.29 is 5.11 Å². The second-order valence-corrected chi connectivity index (χ2v) is 6.92. The molecule has 3 aromatic rings. The number of aliphatic hydroxyl groups excluding tert-OH is 1. The van der Waals surface area contributed by atoms with Crippen molar-refractivity contribution in [1.82, 2.24) is 15.0 Å². The number of rotatable bonds is 3. The fraction of sp³-hybridized carbons (Fsp3) is 0.238. The first-order chi connectivity index (χ1) is 13.3. The number of pyridine rings is 3. The lowest BCUT2D eigenvalue weighted by atomic mass is 10.00. The first kappa shape index (κ1) is 16.1. The number of nitrogens with zero attached hydrogens (tertiary/aromatic N) is 5. The Balaban J connectivity index is 1.50. The summed E-state index contributed by atoms with van der Waals surface area (Å²) in [4.78, 5) is 20.1. The Bertz CT molecular complexity index is 1020. The minimum Gasteiger partial charge on any atom is -0.391 e. The predicted octanol–water partition coefficient (Wildman–Crippen LogP) is 2.46. The highest BCUT2D eigenvalue weighted by atomic mass is 16.3. The molecule has 2 aliphatic rings. The minimum atomic E-state index is -0.270. The molecule has 27 heavy (non-hydrogen) atoms. The first-order valence-electron chi connectivity index (χ1n) is 9.11. The highest BCUT2D eigenvalue weighted by Gasteiger charge is 2.23. The van der Waals surface area contributed by atoms with Crippen LogP contribution < -0.4 is 4.90 Å². The van der Waals surface area contributed by atoms with Gasteiger partial charge < -0.3 is 10.0 Å². The summed E-state index contributed by atoms with van der Waals surface area (Å²) in [7, 11) is 0. The van der Waals surface area contributed by atoms with E-state index in [1.54, 1.807) is 6.20 Å². The van der Waals surface area contributed by atoms with E-state index in [0.29, 0.717) is 13.1 Å². The normalized spacial score (nSPS) is 18.5. The van der Waals surface area contributed by atoms with Gasteiger partial charge in [0.15, 0.2) is 0 Å².